The van der Waals surface area contributed by atoms with Gasteiger partial charge in [-0.2, -0.15) is 5.10 Å². The average Bonchev–Trinajstić information content (AvgIpc) is 2.89. The van der Waals surface area contributed by atoms with Gasteiger partial charge in [-0.25, -0.2) is 9.67 Å². The zero-order valence-electron chi connectivity index (χ0n) is 11.9. The van der Waals surface area contributed by atoms with Crippen molar-refractivity contribution in [2.75, 3.05) is 0 Å². The summed E-state index contributed by atoms with van der Waals surface area (Å²) >= 11 is 0. The predicted molar refractivity (Wildman–Crippen MR) is 75.3 cm³/mol. The molecule has 0 spiro atoms. The van der Waals surface area contributed by atoms with Crippen LogP contribution in [0.3, 0.4) is 0 Å². The second-order valence-electron chi connectivity index (χ2n) is 5.97. The van der Waals surface area contributed by atoms with E-state index >= 15 is 0 Å². The average molecular weight is 259 g/mol. The van der Waals surface area contributed by atoms with Crippen LogP contribution in [0.2, 0.25) is 0 Å². The van der Waals surface area contributed by atoms with E-state index in [-0.39, 0.29) is 5.78 Å². The molecule has 1 aromatic heterocycles. The minimum atomic E-state index is -0.424. The topological polar surface area (TPSA) is 47.8 Å². The van der Waals surface area contributed by atoms with Gasteiger partial charge in [-0.3, -0.25) is 4.79 Å². The molecule has 0 radical (unpaired) electrons. The molecule has 1 aromatic rings. The van der Waals surface area contributed by atoms with Crippen LogP contribution < -0.4 is 0 Å². The molecule has 0 amide bonds. The molecule has 1 aliphatic rings. The van der Waals surface area contributed by atoms with Gasteiger partial charge in [0.25, 0.3) is 0 Å². The second-order valence-corrected chi connectivity index (χ2v) is 5.97. The first kappa shape index (κ1) is 13.7. The number of carbonyl (C=O) groups excluding carboxylic acids is 1. The summed E-state index contributed by atoms with van der Waals surface area (Å²) in [5.74, 6) is 0.0875. The number of carbonyl (C=O) groups is 1. The largest absolute Gasteiger partial charge is 0.292 e. The highest BCUT2D eigenvalue weighted by molar-refractivity contribution is 6.17. The Bertz CT molecular complexity index is 504. The Kier molecular flexibility index (Phi) is 3.98. The smallest absolute Gasteiger partial charge is 0.186 e. The van der Waals surface area contributed by atoms with Gasteiger partial charge < -0.3 is 0 Å². The lowest BCUT2D eigenvalue weighted by molar-refractivity contribution is -0.120. The Morgan fingerprint density at radius 2 is 2.16 bits per heavy atom. The van der Waals surface area contributed by atoms with E-state index in [1.165, 1.54) is 24.7 Å². The Morgan fingerprint density at radius 1 is 1.37 bits per heavy atom. The van der Waals surface area contributed by atoms with E-state index in [1.54, 1.807) is 11.0 Å². The third-order valence-corrected chi connectivity index (χ3v) is 3.23. The normalized spacial score (nSPS) is 17.2. The fraction of sp³-hybridized carbons (Fsp3) is 0.533. The van der Waals surface area contributed by atoms with E-state index in [0.717, 1.165) is 12.8 Å². The Hall–Kier alpha value is -1.71. The molecule has 1 heterocycles. The number of aromatic nitrogens is 3. The van der Waals surface area contributed by atoms with E-state index in [2.05, 4.69) is 16.2 Å². The van der Waals surface area contributed by atoms with Crippen LogP contribution in [0.4, 0.5) is 0 Å². The number of Topliss-reactive ketones (excluding diaryl/α,β-unsaturated/α-hetero) is 1. The van der Waals surface area contributed by atoms with Gasteiger partial charge in [0, 0.05) is 5.41 Å². The molecule has 4 nitrogen and oxygen atoms in total. The molecule has 0 saturated heterocycles. The van der Waals surface area contributed by atoms with Crippen LogP contribution in [0.5, 0.6) is 0 Å². The summed E-state index contributed by atoms with van der Waals surface area (Å²) < 4.78 is 1.57. The number of hydrogen-bond acceptors (Lipinski definition) is 3. The van der Waals surface area contributed by atoms with Gasteiger partial charge in [-0.1, -0.05) is 26.8 Å². The van der Waals surface area contributed by atoms with Crippen LogP contribution in [0.1, 0.15) is 46.5 Å². The van der Waals surface area contributed by atoms with Gasteiger partial charge in [-0.05, 0) is 37.3 Å². The van der Waals surface area contributed by atoms with Gasteiger partial charge in [0.2, 0.25) is 0 Å². The lowest BCUT2D eigenvalue weighted by Crippen LogP contribution is -2.24. The van der Waals surface area contributed by atoms with Crippen LogP contribution in [0.25, 0.3) is 5.70 Å². The highest BCUT2D eigenvalue weighted by Gasteiger charge is 2.26. The SMILES string of the molecule is CC(C)(C)C(=O)C(=CC1=CCCCC1)n1cncn1. The Morgan fingerprint density at radius 3 is 2.68 bits per heavy atom. The highest BCUT2D eigenvalue weighted by atomic mass is 16.1. The lowest BCUT2D eigenvalue weighted by atomic mass is 9.87. The summed E-state index contributed by atoms with van der Waals surface area (Å²) in [4.78, 5) is 16.5. The molecule has 0 N–H and O–H groups in total. The van der Waals surface area contributed by atoms with Crippen molar-refractivity contribution < 1.29 is 4.79 Å². The van der Waals surface area contributed by atoms with Crippen molar-refractivity contribution in [3.8, 4) is 0 Å². The first-order valence-electron chi connectivity index (χ1n) is 6.79. The molecular formula is C15H21N3O. The molecular weight excluding hydrogens is 238 g/mol. The van der Waals surface area contributed by atoms with Gasteiger partial charge in [0.15, 0.2) is 5.78 Å². The van der Waals surface area contributed by atoms with Crippen molar-refractivity contribution in [1.82, 2.24) is 14.8 Å². The van der Waals surface area contributed by atoms with Crippen LogP contribution >= 0.6 is 0 Å². The minimum absolute atomic E-state index is 0.0875. The molecule has 0 aliphatic heterocycles. The van der Waals surface area contributed by atoms with E-state index in [4.69, 9.17) is 0 Å². The van der Waals surface area contributed by atoms with Crippen LogP contribution in [0, 0.1) is 5.41 Å². The van der Waals surface area contributed by atoms with E-state index < -0.39 is 5.41 Å². The third-order valence-electron chi connectivity index (χ3n) is 3.23. The summed E-state index contributed by atoms with van der Waals surface area (Å²) in [6.07, 6.45) is 11.8. The van der Waals surface area contributed by atoms with E-state index in [0.29, 0.717) is 5.70 Å². The maximum Gasteiger partial charge on any atom is 0.186 e. The first-order valence-corrected chi connectivity index (χ1v) is 6.79. The van der Waals surface area contributed by atoms with Crippen molar-refractivity contribution in [1.29, 1.82) is 0 Å². The van der Waals surface area contributed by atoms with Gasteiger partial charge in [-0.15, -0.1) is 0 Å². The van der Waals surface area contributed by atoms with Crippen LogP contribution in [-0.4, -0.2) is 20.5 Å². The maximum absolute atomic E-state index is 12.6. The number of hydrogen-bond donors (Lipinski definition) is 0. The number of allylic oxidation sites excluding steroid dienone is 4. The summed E-state index contributed by atoms with van der Waals surface area (Å²) in [6, 6.07) is 0. The Balaban J connectivity index is 2.38. The van der Waals surface area contributed by atoms with Crippen LogP contribution in [-0.2, 0) is 4.79 Å². The molecule has 0 bridgehead atoms. The molecule has 102 valence electrons. The van der Waals surface area contributed by atoms with Crippen molar-refractivity contribution in [2.45, 2.75) is 46.5 Å². The van der Waals surface area contributed by atoms with Gasteiger partial charge in [0.1, 0.15) is 18.4 Å². The molecule has 4 heteroatoms. The van der Waals surface area contributed by atoms with Crippen LogP contribution in [0.15, 0.2) is 30.4 Å². The lowest BCUT2D eigenvalue weighted by Gasteiger charge is -2.19. The summed E-state index contributed by atoms with van der Waals surface area (Å²) in [7, 11) is 0. The zero-order valence-corrected chi connectivity index (χ0v) is 11.9. The summed E-state index contributed by atoms with van der Waals surface area (Å²) in [5.41, 5.74) is 1.42. The van der Waals surface area contributed by atoms with Crippen molar-refractivity contribution in [3.63, 3.8) is 0 Å². The number of ketones is 1. The first-order chi connectivity index (χ1) is 8.98. The zero-order chi connectivity index (χ0) is 13.9. The van der Waals surface area contributed by atoms with Gasteiger partial charge >= 0.3 is 0 Å². The highest BCUT2D eigenvalue weighted by Crippen LogP contribution is 2.26. The maximum atomic E-state index is 12.6. The molecule has 2 rings (SSSR count). The monoisotopic (exact) mass is 259 g/mol. The molecule has 0 unspecified atom stereocenters. The summed E-state index contributed by atoms with van der Waals surface area (Å²) in [5, 5.41) is 4.11. The predicted octanol–water partition coefficient (Wildman–Crippen LogP) is 3.23. The van der Waals surface area contributed by atoms with Crippen molar-refractivity contribution >= 4 is 11.5 Å². The molecule has 0 saturated carbocycles. The van der Waals surface area contributed by atoms with Gasteiger partial charge in [0.05, 0.1) is 0 Å². The van der Waals surface area contributed by atoms with Crippen molar-refractivity contribution in [2.24, 2.45) is 5.41 Å². The third kappa shape index (κ3) is 3.40. The van der Waals surface area contributed by atoms with E-state index in [1.807, 2.05) is 26.8 Å². The standard InChI is InChI=1S/C15H21N3O/c1-15(2,3)14(19)13(18-11-16-10-17-18)9-12-7-5-4-6-8-12/h7,9-11H,4-6,8H2,1-3H3. The fourth-order valence-corrected chi connectivity index (χ4v) is 2.12. The molecule has 1 aliphatic carbocycles. The fourth-order valence-electron chi connectivity index (χ4n) is 2.12. The second kappa shape index (κ2) is 5.51. The molecule has 0 atom stereocenters. The molecule has 0 aromatic carbocycles. The van der Waals surface area contributed by atoms with E-state index in [9.17, 15) is 4.79 Å². The molecule has 0 fully saturated rings. The van der Waals surface area contributed by atoms with Crippen molar-refractivity contribution in [3.05, 3.63) is 30.4 Å². The quantitative estimate of drug-likeness (QED) is 0.783. The Labute approximate surface area is 114 Å². The minimum Gasteiger partial charge on any atom is -0.292 e. The number of rotatable bonds is 3. The molecule has 19 heavy (non-hydrogen) atoms. The number of nitrogens with zero attached hydrogens (tertiary/aromatic N) is 3. The summed E-state index contributed by atoms with van der Waals surface area (Å²) in [6.45, 7) is 5.78.